The van der Waals surface area contributed by atoms with Crippen LogP contribution in [0.2, 0.25) is 0 Å². The van der Waals surface area contributed by atoms with Gasteiger partial charge in [0.2, 0.25) is 5.91 Å². The second kappa shape index (κ2) is 8.63. The van der Waals surface area contributed by atoms with E-state index in [1.54, 1.807) is 31.4 Å². The highest BCUT2D eigenvalue weighted by Crippen LogP contribution is 2.25. The second-order valence-corrected chi connectivity index (χ2v) is 4.23. The summed E-state index contributed by atoms with van der Waals surface area (Å²) in [5.74, 6) is 0.118. The molecule has 0 bridgehead atoms. The van der Waals surface area contributed by atoms with Gasteiger partial charge in [-0.25, -0.2) is 0 Å². The molecule has 0 aromatic heterocycles. The second-order valence-electron chi connectivity index (χ2n) is 4.23. The van der Waals surface area contributed by atoms with Crippen molar-refractivity contribution < 1.29 is 24.2 Å². The third-order valence-electron chi connectivity index (χ3n) is 2.72. The fraction of sp³-hybridized carbons (Fsp3) is 0.333. The Balaban J connectivity index is 2.55. The smallest absolute Gasteiger partial charge is 0.303 e. The van der Waals surface area contributed by atoms with Crippen LogP contribution in [-0.2, 0) is 9.59 Å². The number of carbonyl (C=O) groups is 2. The van der Waals surface area contributed by atoms with Crippen LogP contribution in [-0.4, -0.2) is 37.7 Å². The SMILES string of the molecule is COc1ccc(/C=C/C(=O)NCCCC(=O)O)c(OC)c1. The molecule has 0 aliphatic heterocycles. The first-order chi connectivity index (χ1) is 10.1. The molecule has 2 N–H and O–H groups in total. The average Bonchev–Trinajstić information content (AvgIpc) is 2.49. The molecule has 0 aliphatic rings. The minimum absolute atomic E-state index is 0.0380. The molecule has 0 atom stereocenters. The van der Waals surface area contributed by atoms with Gasteiger partial charge in [-0.2, -0.15) is 0 Å². The van der Waals surface area contributed by atoms with Gasteiger partial charge in [0.15, 0.2) is 0 Å². The molecule has 1 rings (SSSR count). The van der Waals surface area contributed by atoms with Crippen molar-refractivity contribution in [3.63, 3.8) is 0 Å². The van der Waals surface area contributed by atoms with Crippen LogP contribution in [0.25, 0.3) is 6.08 Å². The number of carboxylic acid groups (broad SMARTS) is 1. The molecule has 0 spiro atoms. The molecule has 0 heterocycles. The van der Waals surface area contributed by atoms with Crippen molar-refractivity contribution in [1.82, 2.24) is 5.32 Å². The molecular formula is C15H19NO5. The van der Waals surface area contributed by atoms with Gasteiger partial charge in [-0.05, 0) is 24.6 Å². The van der Waals surface area contributed by atoms with E-state index in [4.69, 9.17) is 14.6 Å². The highest BCUT2D eigenvalue weighted by Gasteiger charge is 2.03. The Morgan fingerprint density at radius 1 is 1.29 bits per heavy atom. The van der Waals surface area contributed by atoms with Gasteiger partial charge < -0.3 is 19.9 Å². The average molecular weight is 293 g/mol. The molecule has 1 aromatic rings. The van der Waals surface area contributed by atoms with E-state index in [0.29, 0.717) is 24.5 Å². The molecule has 114 valence electrons. The van der Waals surface area contributed by atoms with Crippen LogP contribution in [0.3, 0.4) is 0 Å². The minimum atomic E-state index is -0.872. The summed E-state index contributed by atoms with van der Waals surface area (Å²) in [5, 5.41) is 11.1. The van der Waals surface area contributed by atoms with Gasteiger partial charge in [-0.15, -0.1) is 0 Å². The molecule has 0 aliphatic carbocycles. The Bertz CT molecular complexity index is 525. The maximum absolute atomic E-state index is 11.6. The summed E-state index contributed by atoms with van der Waals surface area (Å²) in [5.41, 5.74) is 0.749. The van der Waals surface area contributed by atoms with Gasteiger partial charge in [-0.1, -0.05) is 0 Å². The van der Waals surface area contributed by atoms with Gasteiger partial charge in [0.05, 0.1) is 14.2 Å². The van der Waals surface area contributed by atoms with Gasteiger partial charge in [0.25, 0.3) is 0 Å². The zero-order chi connectivity index (χ0) is 15.7. The van der Waals surface area contributed by atoms with Crippen LogP contribution in [0.15, 0.2) is 24.3 Å². The first kappa shape index (κ1) is 16.6. The molecule has 0 fully saturated rings. The summed E-state index contributed by atoms with van der Waals surface area (Å²) in [6.45, 7) is 0.329. The number of amides is 1. The number of hydrogen-bond acceptors (Lipinski definition) is 4. The van der Waals surface area contributed by atoms with E-state index in [1.165, 1.54) is 13.2 Å². The molecule has 6 nitrogen and oxygen atoms in total. The van der Waals surface area contributed by atoms with Crippen molar-refractivity contribution in [2.45, 2.75) is 12.8 Å². The molecule has 0 radical (unpaired) electrons. The maximum Gasteiger partial charge on any atom is 0.303 e. The lowest BCUT2D eigenvalue weighted by Crippen LogP contribution is -2.22. The van der Waals surface area contributed by atoms with Crippen molar-refractivity contribution in [2.24, 2.45) is 0 Å². The number of aliphatic carboxylic acids is 1. The summed E-state index contributed by atoms with van der Waals surface area (Å²) >= 11 is 0. The number of benzene rings is 1. The molecule has 1 aromatic carbocycles. The van der Waals surface area contributed by atoms with Crippen molar-refractivity contribution in [3.8, 4) is 11.5 Å². The van der Waals surface area contributed by atoms with Gasteiger partial charge in [0, 0.05) is 30.7 Å². The summed E-state index contributed by atoms with van der Waals surface area (Å²) in [6, 6.07) is 5.28. The summed E-state index contributed by atoms with van der Waals surface area (Å²) in [7, 11) is 3.10. The quantitative estimate of drug-likeness (QED) is 0.563. The van der Waals surface area contributed by atoms with E-state index >= 15 is 0 Å². The Kier molecular flexibility index (Phi) is 6.80. The fourth-order valence-electron chi connectivity index (χ4n) is 1.63. The van der Waals surface area contributed by atoms with Gasteiger partial charge in [0.1, 0.15) is 11.5 Å². The van der Waals surface area contributed by atoms with Crippen molar-refractivity contribution in [3.05, 3.63) is 29.8 Å². The molecule has 0 saturated heterocycles. The lowest BCUT2D eigenvalue weighted by molar-refractivity contribution is -0.137. The van der Waals surface area contributed by atoms with E-state index < -0.39 is 5.97 Å². The Hall–Kier alpha value is -2.50. The molecular weight excluding hydrogens is 274 g/mol. The minimum Gasteiger partial charge on any atom is -0.497 e. The molecule has 0 saturated carbocycles. The van der Waals surface area contributed by atoms with Crippen LogP contribution in [0.4, 0.5) is 0 Å². The first-order valence-electron chi connectivity index (χ1n) is 6.46. The number of nitrogens with one attached hydrogen (secondary N) is 1. The van der Waals surface area contributed by atoms with Gasteiger partial charge in [-0.3, -0.25) is 9.59 Å². The Labute approximate surface area is 123 Å². The molecule has 1 amide bonds. The zero-order valence-corrected chi connectivity index (χ0v) is 12.1. The van der Waals surface area contributed by atoms with Crippen LogP contribution in [0, 0.1) is 0 Å². The lowest BCUT2D eigenvalue weighted by atomic mass is 10.1. The number of ether oxygens (including phenoxy) is 2. The van der Waals surface area contributed by atoms with Crippen molar-refractivity contribution in [2.75, 3.05) is 20.8 Å². The predicted octanol–water partition coefficient (Wildman–Crippen LogP) is 1.70. The normalized spacial score (nSPS) is 10.4. The maximum atomic E-state index is 11.6. The molecule has 21 heavy (non-hydrogen) atoms. The Morgan fingerprint density at radius 2 is 2.05 bits per heavy atom. The van der Waals surface area contributed by atoms with E-state index in [-0.39, 0.29) is 12.3 Å². The highest BCUT2D eigenvalue weighted by molar-refractivity contribution is 5.92. The zero-order valence-electron chi connectivity index (χ0n) is 12.1. The van der Waals surface area contributed by atoms with Crippen LogP contribution >= 0.6 is 0 Å². The fourth-order valence-corrected chi connectivity index (χ4v) is 1.63. The number of methoxy groups -OCH3 is 2. The Morgan fingerprint density at radius 3 is 2.67 bits per heavy atom. The highest BCUT2D eigenvalue weighted by atomic mass is 16.5. The molecule has 6 heteroatoms. The first-order valence-corrected chi connectivity index (χ1v) is 6.46. The largest absolute Gasteiger partial charge is 0.497 e. The van der Waals surface area contributed by atoms with E-state index in [2.05, 4.69) is 5.32 Å². The summed E-state index contributed by atoms with van der Waals surface area (Å²) in [6.07, 6.45) is 3.45. The van der Waals surface area contributed by atoms with Gasteiger partial charge >= 0.3 is 5.97 Å². The van der Waals surface area contributed by atoms with E-state index in [0.717, 1.165) is 5.56 Å². The standard InChI is InChI=1S/C15H19NO5/c1-20-12-7-5-11(13(10-12)21-2)6-8-14(17)16-9-3-4-15(18)19/h5-8,10H,3-4,9H2,1-2H3,(H,16,17)(H,18,19)/b8-6+. The lowest BCUT2D eigenvalue weighted by Gasteiger charge is -2.07. The monoisotopic (exact) mass is 293 g/mol. The number of hydrogen-bond donors (Lipinski definition) is 2. The van der Waals surface area contributed by atoms with Crippen molar-refractivity contribution >= 4 is 18.0 Å². The van der Waals surface area contributed by atoms with Crippen LogP contribution in [0.1, 0.15) is 18.4 Å². The van der Waals surface area contributed by atoms with E-state index in [9.17, 15) is 9.59 Å². The predicted molar refractivity (Wildman–Crippen MR) is 78.5 cm³/mol. The van der Waals surface area contributed by atoms with E-state index in [1.807, 2.05) is 0 Å². The van der Waals surface area contributed by atoms with Crippen LogP contribution < -0.4 is 14.8 Å². The number of rotatable bonds is 8. The number of carboxylic acids is 1. The topological polar surface area (TPSA) is 84.9 Å². The summed E-state index contributed by atoms with van der Waals surface area (Å²) in [4.78, 5) is 21.9. The molecule has 0 unspecified atom stereocenters. The summed E-state index contributed by atoms with van der Waals surface area (Å²) < 4.78 is 10.3. The third-order valence-corrected chi connectivity index (χ3v) is 2.72. The third kappa shape index (κ3) is 5.99. The number of carbonyl (C=O) groups excluding carboxylic acids is 1. The van der Waals surface area contributed by atoms with Crippen LogP contribution in [0.5, 0.6) is 11.5 Å². The van der Waals surface area contributed by atoms with Crippen molar-refractivity contribution in [1.29, 1.82) is 0 Å².